The fraction of sp³-hybridized carbons (Fsp3) is 0.538. The molecule has 0 saturated heterocycles. The van der Waals surface area contributed by atoms with E-state index in [0.29, 0.717) is 18.4 Å². The van der Waals surface area contributed by atoms with Crippen LogP contribution in [-0.4, -0.2) is 27.0 Å². The molecule has 1 aromatic carbocycles. The summed E-state index contributed by atoms with van der Waals surface area (Å²) < 4.78 is 49.5. The Kier molecular flexibility index (Phi) is 6.54. The molecule has 0 bridgehead atoms. The van der Waals surface area contributed by atoms with Gasteiger partial charge in [-0.15, -0.1) is 0 Å². The van der Waals surface area contributed by atoms with Gasteiger partial charge in [-0.2, -0.15) is 0 Å². The molecule has 0 fully saturated rings. The molecular formula is C13H18BrF2NO2S. The molecule has 3 nitrogen and oxygen atoms in total. The topological polar surface area (TPSA) is 46.2 Å². The molecular weight excluding hydrogens is 352 g/mol. The Balaban J connectivity index is 2.80. The van der Waals surface area contributed by atoms with Gasteiger partial charge in [0.1, 0.15) is 9.84 Å². The van der Waals surface area contributed by atoms with E-state index < -0.39 is 21.5 Å². The SMILES string of the molecule is CCS(=O)(=O)CCCC(NC)c1ccc(F)c(F)c1Br. The van der Waals surface area contributed by atoms with Crippen LogP contribution in [0, 0.1) is 11.6 Å². The van der Waals surface area contributed by atoms with Crippen molar-refractivity contribution >= 4 is 25.8 Å². The minimum atomic E-state index is -3.00. The maximum absolute atomic E-state index is 13.5. The van der Waals surface area contributed by atoms with Crippen LogP contribution >= 0.6 is 15.9 Å². The molecule has 0 saturated carbocycles. The molecule has 20 heavy (non-hydrogen) atoms. The average Bonchev–Trinajstić information content (AvgIpc) is 2.42. The number of hydrogen-bond donors (Lipinski definition) is 1. The summed E-state index contributed by atoms with van der Waals surface area (Å²) in [5.74, 6) is -1.62. The lowest BCUT2D eigenvalue weighted by Gasteiger charge is -2.18. The lowest BCUT2D eigenvalue weighted by molar-refractivity contribution is 0.489. The summed E-state index contributed by atoms with van der Waals surface area (Å²) in [6.45, 7) is 1.61. The van der Waals surface area contributed by atoms with Crippen molar-refractivity contribution in [3.8, 4) is 0 Å². The molecule has 0 amide bonds. The molecule has 114 valence electrons. The Labute approximate surface area is 126 Å². The Bertz CT molecular complexity index is 564. The van der Waals surface area contributed by atoms with E-state index in [4.69, 9.17) is 0 Å². The van der Waals surface area contributed by atoms with Crippen LogP contribution in [0.2, 0.25) is 0 Å². The highest BCUT2D eigenvalue weighted by molar-refractivity contribution is 9.10. The number of halogens is 3. The van der Waals surface area contributed by atoms with E-state index in [1.54, 1.807) is 14.0 Å². The van der Waals surface area contributed by atoms with Gasteiger partial charge >= 0.3 is 0 Å². The van der Waals surface area contributed by atoms with E-state index >= 15 is 0 Å². The molecule has 7 heteroatoms. The lowest BCUT2D eigenvalue weighted by Crippen LogP contribution is -2.19. The van der Waals surface area contributed by atoms with Gasteiger partial charge < -0.3 is 5.32 Å². The molecule has 1 atom stereocenters. The second kappa shape index (κ2) is 7.47. The first-order valence-electron chi connectivity index (χ1n) is 6.33. The van der Waals surface area contributed by atoms with Crippen LogP contribution in [-0.2, 0) is 9.84 Å². The van der Waals surface area contributed by atoms with Crippen molar-refractivity contribution in [1.29, 1.82) is 0 Å². The lowest BCUT2D eigenvalue weighted by atomic mass is 10.0. The van der Waals surface area contributed by atoms with Gasteiger partial charge in [-0.25, -0.2) is 17.2 Å². The van der Waals surface area contributed by atoms with Crippen molar-refractivity contribution in [2.24, 2.45) is 0 Å². The van der Waals surface area contributed by atoms with Crippen LogP contribution in [0.5, 0.6) is 0 Å². The zero-order valence-corrected chi connectivity index (χ0v) is 13.8. The fourth-order valence-electron chi connectivity index (χ4n) is 1.92. The first-order valence-corrected chi connectivity index (χ1v) is 8.95. The second-order valence-electron chi connectivity index (χ2n) is 4.48. The highest BCUT2D eigenvalue weighted by atomic mass is 79.9. The first kappa shape index (κ1) is 17.5. The van der Waals surface area contributed by atoms with E-state index in [-0.39, 0.29) is 22.0 Å². The van der Waals surface area contributed by atoms with Gasteiger partial charge in [-0.05, 0) is 47.4 Å². The standard InChI is InChI=1S/C13H18BrF2NO2S/c1-3-20(18,19)8-4-5-11(17-2)9-6-7-10(15)13(16)12(9)14/h6-7,11,17H,3-5,8H2,1-2H3. The van der Waals surface area contributed by atoms with Gasteiger partial charge in [0.25, 0.3) is 0 Å². The van der Waals surface area contributed by atoms with E-state index in [1.807, 2.05) is 0 Å². The van der Waals surface area contributed by atoms with Gasteiger partial charge in [0.05, 0.1) is 10.2 Å². The normalized spacial score (nSPS) is 13.4. The summed E-state index contributed by atoms with van der Waals surface area (Å²) in [4.78, 5) is 0. The van der Waals surface area contributed by atoms with Crippen molar-refractivity contribution in [2.75, 3.05) is 18.6 Å². The van der Waals surface area contributed by atoms with Crippen LogP contribution < -0.4 is 5.32 Å². The van der Waals surface area contributed by atoms with E-state index in [2.05, 4.69) is 21.2 Å². The third-order valence-electron chi connectivity index (χ3n) is 3.18. The summed E-state index contributed by atoms with van der Waals surface area (Å²) in [5, 5.41) is 3.00. The Morgan fingerprint density at radius 3 is 2.55 bits per heavy atom. The van der Waals surface area contributed by atoms with Crippen molar-refractivity contribution < 1.29 is 17.2 Å². The molecule has 0 heterocycles. The minimum absolute atomic E-state index is 0.0789. The van der Waals surface area contributed by atoms with E-state index in [0.717, 1.165) is 6.07 Å². The summed E-state index contributed by atoms with van der Waals surface area (Å²) in [6, 6.07) is 2.34. The van der Waals surface area contributed by atoms with Crippen LogP contribution in [0.15, 0.2) is 16.6 Å². The predicted molar refractivity (Wildman–Crippen MR) is 79.4 cm³/mol. The summed E-state index contributed by atoms with van der Waals surface area (Å²) >= 11 is 3.04. The van der Waals surface area contributed by atoms with Crippen molar-refractivity contribution in [2.45, 2.75) is 25.8 Å². The number of sulfone groups is 1. The van der Waals surface area contributed by atoms with Crippen molar-refractivity contribution in [3.05, 3.63) is 33.8 Å². The quantitative estimate of drug-likeness (QED) is 0.750. The molecule has 0 spiro atoms. The molecule has 0 aromatic heterocycles. The number of nitrogens with one attached hydrogen (secondary N) is 1. The van der Waals surface area contributed by atoms with Gasteiger partial charge in [-0.3, -0.25) is 0 Å². The molecule has 0 aliphatic rings. The van der Waals surface area contributed by atoms with Gasteiger partial charge in [0, 0.05) is 11.8 Å². The molecule has 1 N–H and O–H groups in total. The third-order valence-corrected chi connectivity index (χ3v) is 5.77. The molecule has 1 aromatic rings. The van der Waals surface area contributed by atoms with Gasteiger partial charge in [0.2, 0.25) is 0 Å². The molecule has 1 rings (SSSR count). The maximum atomic E-state index is 13.5. The maximum Gasteiger partial charge on any atom is 0.173 e. The highest BCUT2D eigenvalue weighted by Crippen LogP contribution is 2.30. The van der Waals surface area contributed by atoms with Crippen LogP contribution in [0.3, 0.4) is 0 Å². The first-order chi connectivity index (χ1) is 9.32. The Hall–Kier alpha value is -0.530. The highest BCUT2D eigenvalue weighted by Gasteiger charge is 2.18. The van der Waals surface area contributed by atoms with Crippen molar-refractivity contribution in [3.63, 3.8) is 0 Å². The van der Waals surface area contributed by atoms with Crippen LogP contribution in [0.1, 0.15) is 31.4 Å². The molecule has 1 unspecified atom stereocenters. The van der Waals surface area contributed by atoms with Crippen LogP contribution in [0.4, 0.5) is 8.78 Å². The third kappa shape index (κ3) is 4.49. The van der Waals surface area contributed by atoms with Gasteiger partial charge in [0.15, 0.2) is 11.6 Å². The molecule has 0 aliphatic heterocycles. The second-order valence-corrected chi connectivity index (χ2v) is 7.75. The average molecular weight is 370 g/mol. The zero-order chi connectivity index (χ0) is 15.3. The molecule has 0 aliphatic carbocycles. The van der Waals surface area contributed by atoms with Gasteiger partial charge in [-0.1, -0.05) is 13.0 Å². The number of rotatable bonds is 7. The largest absolute Gasteiger partial charge is 0.313 e. The number of hydrogen-bond acceptors (Lipinski definition) is 3. The zero-order valence-electron chi connectivity index (χ0n) is 11.4. The summed E-state index contributed by atoms with van der Waals surface area (Å²) in [6.07, 6.45) is 0.993. The van der Waals surface area contributed by atoms with Crippen LogP contribution in [0.25, 0.3) is 0 Å². The molecule has 0 radical (unpaired) electrons. The Morgan fingerprint density at radius 2 is 2.00 bits per heavy atom. The minimum Gasteiger partial charge on any atom is -0.313 e. The fourth-order valence-corrected chi connectivity index (χ4v) is 3.41. The monoisotopic (exact) mass is 369 g/mol. The van der Waals surface area contributed by atoms with E-state index in [9.17, 15) is 17.2 Å². The van der Waals surface area contributed by atoms with Crippen molar-refractivity contribution in [1.82, 2.24) is 5.32 Å². The smallest absolute Gasteiger partial charge is 0.173 e. The summed E-state index contributed by atoms with van der Waals surface area (Å²) in [5.41, 5.74) is 0.584. The number of benzene rings is 1. The Morgan fingerprint density at radius 1 is 1.35 bits per heavy atom. The summed E-state index contributed by atoms with van der Waals surface area (Å²) in [7, 11) is -1.30. The van der Waals surface area contributed by atoms with E-state index in [1.165, 1.54) is 6.07 Å². The predicted octanol–water partition coefficient (Wildman–Crippen LogP) is 3.20.